The van der Waals surface area contributed by atoms with E-state index in [4.69, 9.17) is 5.73 Å². The number of hydrogen-bond donors (Lipinski definition) is 3. The van der Waals surface area contributed by atoms with Gasteiger partial charge in [-0.1, -0.05) is 0 Å². The van der Waals surface area contributed by atoms with Crippen molar-refractivity contribution in [2.45, 2.75) is 25.0 Å². The molecule has 0 bridgehead atoms. The lowest BCUT2D eigenvalue weighted by Gasteiger charge is -2.13. The molecule has 3 nitrogen and oxygen atoms in total. The second-order valence-corrected chi connectivity index (χ2v) is 2.58. The van der Waals surface area contributed by atoms with E-state index >= 15 is 0 Å². The van der Waals surface area contributed by atoms with Crippen LogP contribution in [0.25, 0.3) is 0 Å². The molecule has 1 aliphatic heterocycles. The minimum absolute atomic E-state index is 0.0139. The number of aliphatic hydroxyl groups is 1. The van der Waals surface area contributed by atoms with Crippen molar-refractivity contribution in [3.05, 3.63) is 0 Å². The fraction of sp³-hybridized carbons (Fsp3) is 1.00. The van der Waals surface area contributed by atoms with Gasteiger partial charge in [-0.25, -0.2) is 0 Å². The van der Waals surface area contributed by atoms with Gasteiger partial charge in [-0.3, -0.25) is 0 Å². The Balaban J connectivity index is 2.32. The van der Waals surface area contributed by atoms with E-state index in [9.17, 15) is 5.11 Å². The van der Waals surface area contributed by atoms with Crippen molar-refractivity contribution in [2.24, 2.45) is 5.73 Å². The highest BCUT2D eigenvalue weighted by atomic mass is 16.3. The molecular formula is C6H14N2O. The maximum Gasteiger partial charge on any atom is 0.0815 e. The van der Waals surface area contributed by atoms with Crippen molar-refractivity contribution in [3.8, 4) is 0 Å². The average molecular weight is 130 g/mol. The molecule has 2 atom stereocenters. The second kappa shape index (κ2) is 3.15. The lowest BCUT2D eigenvalue weighted by atomic mass is 10.1. The largest absolute Gasteiger partial charge is 0.390 e. The van der Waals surface area contributed by atoms with E-state index < -0.39 is 0 Å². The van der Waals surface area contributed by atoms with E-state index in [1.807, 2.05) is 0 Å². The molecule has 1 saturated heterocycles. The average Bonchev–Trinajstić information content (AvgIpc) is 1.99. The van der Waals surface area contributed by atoms with Gasteiger partial charge in [-0.2, -0.15) is 0 Å². The van der Waals surface area contributed by atoms with Gasteiger partial charge >= 0.3 is 0 Å². The number of hydrogen-bond acceptors (Lipinski definition) is 3. The highest BCUT2D eigenvalue weighted by molar-refractivity contribution is 4.77. The highest BCUT2D eigenvalue weighted by Crippen LogP contribution is 2.01. The first-order valence-electron chi connectivity index (χ1n) is 3.45. The quantitative estimate of drug-likeness (QED) is 0.396. The zero-order valence-electron chi connectivity index (χ0n) is 5.51. The summed E-state index contributed by atoms with van der Waals surface area (Å²) in [5, 5.41) is 12.3. The van der Waals surface area contributed by atoms with E-state index in [-0.39, 0.29) is 12.1 Å². The Hall–Kier alpha value is -0.120. The van der Waals surface area contributed by atoms with Crippen LogP contribution < -0.4 is 11.1 Å². The first kappa shape index (κ1) is 6.99. The third-order valence-corrected chi connectivity index (χ3v) is 1.74. The van der Waals surface area contributed by atoms with Crippen LogP contribution in [-0.2, 0) is 0 Å². The first-order chi connectivity index (χ1) is 4.30. The molecule has 0 saturated carbocycles. The molecular weight excluding hydrogens is 116 g/mol. The van der Waals surface area contributed by atoms with Gasteiger partial charge in [-0.15, -0.1) is 0 Å². The van der Waals surface area contributed by atoms with E-state index in [0.717, 1.165) is 19.4 Å². The Bertz CT molecular complexity index is 77.1. The molecule has 2 unspecified atom stereocenters. The molecule has 0 aromatic heterocycles. The molecule has 0 spiro atoms. The van der Waals surface area contributed by atoms with Gasteiger partial charge in [0, 0.05) is 12.6 Å². The lowest BCUT2D eigenvalue weighted by Crippen LogP contribution is -2.38. The van der Waals surface area contributed by atoms with Crippen molar-refractivity contribution in [1.29, 1.82) is 0 Å². The first-order valence-corrected chi connectivity index (χ1v) is 3.45. The lowest BCUT2D eigenvalue weighted by molar-refractivity contribution is 0.148. The van der Waals surface area contributed by atoms with Gasteiger partial charge in [0.05, 0.1) is 6.10 Å². The Morgan fingerprint density at radius 3 is 3.11 bits per heavy atom. The molecule has 54 valence electrons. The molecule has 3 heteroatoms. The smallest absolute Gasteiger partial charge is 0.0815 e. The molecule has 1 aliphatic rings. The van der Waals surface area contributed by atoms with Crippen LogP contribution in [0, 0.1) is 0 Å². The van der Waals surface area contributed by atoms with Crippen molar-refractivity contribution in [3.63, 3.8) is 0 Å². The summed E-state index contributed by atoms with van der Waals surface area (Å²) in [6.07, 6.45) is 1.68. The van der Waals surface area contributed by atoms with E-state index in [1.165, 1.54) is 0 Å². The van der Waals surface area contributed by atoms with Gasteiger partial charge in [0.2, 0.25) is 0 Å². The van der Waals surface area contributed by atoms with Crippen molar-refractivity contribution in [1.82, 2.24) is 5.32 Å². The Morgan fingerprint density at radius 2 is 2.33 bits per heavy atom. The minimum atomic E-state index is -0.340. The number of aliphatic hydroxyl groups excluding tert-OH is 1. The fourth-order valence-corrected chi connectivity index (χ4v) is 1.06. The van der Waals surface area contributed by atoms with Crippen LogP contribution in [0.15, 0.2) is 0 Å². The third-order valence-electron chi connectivity index (χ3n) is 1.74. The minimum Gasteiger partial charge on any atom is -0.390 e. The molecule has 9 heavy (non-hydrogen) atoms. The van der Waals surface area contributed by atoms with Gasteiger partial charge in [0.15, 0.2) is 0 Å². The van der Waals surface area contributed by atoms with E-state index in [2.05, 4.69) is 5.32 Å². The van der Waals surface area contributed by atoms with E-state index in [1.54, 1.807) is 0 Å². The molecule has 1 fully saturated rings. The Morgan fingerprint density at radius 1 is 1.56 bits per heavy atom. The van der Waals surface area contributed by atoms with Crippen LogP contribution in [0.1, 0.15) is 12.8 Å². The van der Waals surface area contributed by atoms with Crippen LogP contribution >= 0.6 is 0 Å². The molecule has 0 aliphatic carbocycles. The van der Waals surface area contributed by atoms with Crippen LogP contribution in [0.4, 0.5) is 0 Å². The van der Waals surface area contributed by atoms with Gasteiger partial charge in [0.25, 0.3) is 0 Å². The van der Waals surface area contributed by atoms with Gasteiger partial charge in [-0.05, 0) is 19.4 Å². The summed E-state index contributed by atoms with van der Waals surface area (Å²) in [7, 11) is 0. The summed E-state index contributed by atoms with van der Waals surface area (Å²) in [6.45, 7) is 1.64. The topological polar surface area (TPSA) is 58.3 Å². The van der Waals surface area contributed by atoms with Crippen LogP contribution in [-0.4, -0.2) is 30.3 Å². The van der Waals surface area contributed by atoms with Crippen molar-refractivity contribution < 1.29 is 5.11 Å². The highest BCUT2D eigenvalue weighted by Gasteiger charge is 2.16. The normalized spacial score (nSPS) is 38.0. The number of nitrogens with two attached hydrogens (primary N) is 1. The van der Waals surface area contributed by atoms with Gasteiger partial charge < -0.3 is 16.2 Å². The molecule has 0 radical (unpaired) electrons. The van der Waals surface area contributed by atoms with E-state index in [0.29, 0.717) is 6.54 Å². The van der Waals surface area contributed by atoms with Gasteiger partial charge in [0.1, 0.15) is 0 Å². The zero-order valence-corrected chi connectivity index (χ0v) is 5.51. The standard InChI is InChI=1S/C6H14N2O/c7-5-2-1-3-8-4-6(5)9/h5-6,8-9H,1-4,7H2. The molecule has 0 aromatic carbocycles. The summed E-state index contributed by atoms with van der Waals surface area (Å²) in [5.41, 5.74) is 5.59. The SMILES string of the molecule is NC1CCCNCC1O. The number of nitrogens with one attached hydrogen (secondary N) is 1. The molecule has 1 heterocycles. The zero-order chi connectivity index (χ0) is 6.69. The second-order valence-electron chi connectivity index (χ2n) is 2.58. The molecule has 0 amide bonds. The Labute approximate surface area is 55.2 Å². The van der Waals surface area contributed by atoms with Crippen LogP contribution in [0.5, 0.6) is 0 Å². The fourth-order valence-electron chi connectivity index (χ4n) is 1.06. The van der Waals surface area contributed by atoms with Crippen molar-refractivity contribution in [2.75, 3.05) is 13.1 Å². The summed E-state index contributed by atoms with van der Waals surface area (Å²) >= 11 is 0. The summed E-state index contributed by atoms with van der Waals surface area (Å²) in [5.74, 6) is 0. The summed E-state index contributed by atoms with van der Waals surface area (Å²) < 4.78 is 0. The predicted molar refractivity (Wildman–Crippen MR) is 36.1 cm³/mol. The Kier molecular flexibility index (Phi) is 2.45. The van der Waals surface area contributed by atoms with Crippen LogP contribution in [0.2, 0.25) is 0 Å². The molecule has 1 rings (SSSR count). The third kappa shape index (κ3) is 1.93. The predicted octanol–water partition coefficient (Wildman–Crippen LogP) is -0.942. The van der Waals surface area contributed by atoms with Crippen molar-refractivity contribution >= 4 is 0 Å². The number of β-amino-alcohol motifs (C(OH)–C–C–N with tert-alkyl or cyclic N) is 1. The summed E-state index contributed by atoms with van der Waals surface area (Å²) in [6, 6.07) is -0.0139. The molecule has 0 aromatic rings. The summed E-state index contributed by atoms with van der Waals surface area (Å²) in [4.78, 5) is 0. The number of rotatable bonds is 0. The van der Waals surface area contributed by atoms with Crippen LogP contribution in [0.3, 0.4) is 0 Å². The maximum absolute atomic E-state index is 9.17. The maximum atomic E-state index is 9.17. The monoisotopic (exact) mass is 130 g/mol. The molecule has 4 N–H and O–H groups in total.